The lowest BCUT2D eigenvalue weighted by Crippen LogP contribution is -2.22. The second-order valence-electron chi connectivity index (χ2n) is 5.53. The summed E-state index contributed by atoms with van der Waals surface area (Å²) in [6, 6.07) is 6.23. The van der Waals surface area contributed by atoms with Gasteiger partial charge in [0, 0.05) is 17.0 Å². The summed E-state index contributed by atoms with van der Waals surface area (Å²) in [6.45, 7) is 8.92. The molecule has 0 saturated heterocycles. The highest BCUT2D eigenvalue weighted by Crippen LogP contribution is 2.19. The smallest absolute Gasteiger partial charge is 0.193 e. The number of anilines is 1. The monoisotopic (exact) mass is 430 g/mol. The van der Waals surface area contributed by atoms with E-state index in [9.17, 15) is 0 Å². The zero-order chi connectivity index (χ0) is 15.4. The zero-order valence-corrected chi connectivity index (χ0v) is 16.5. The van der Waals surface area contributed by atoms with Gasteiger partial charge in [0.1, 0.15) is 0 Å². The number of nitrogens with two attached hydrogens (primary N) is 1. The standard InChI is InChI=1S/C16H22N4S.HI/c1-10(2)15-19-14(9-21-15)8-18-16(17)20-13-6-11(3)5-12(4)7-13;/h5-7,9-10H,8H2,1-4H3,(H3,17,18,20);1H. The average Bonchev–Trinajstić information content (AvgIpc) is 2.84. The molecule has 0 atom stereocenters. The van der Waals surface area contributed by atoms with Crippen molar-refractivity contribution in [2.75, 3.05) is 5.32 Å². The third-order valence-electron chi connectivity index (χ3n) is 2.97. The van der Waals surface area contributed by atoms with E-state index < -0.39 is 0 Å². The van der Waals surface area contributed by atoms with Crippen molar-refractivity contribution in [1.82, 2.24) is 4.98 Å². The van der Waals surface area contributed by atoms with E-state index in [1.807, 2.05) is 5.38 Å². The number of hydrogen-bond donors (Lipinski definition) is 2. The van der Waals surface area contributed by atoms with Gasteiger partial charge in [0.05, 0.1) is 17.2 Å². The van der Waals surface area contributed by atoms with Crippen LogP contribution in [0.2, 0.25) is 0 Å². The normalized spacial score (nSPS) is 11.4. The van der Waals surface area contributed by atoms with Crippen molar-refractivity contribution < 1.29 is 0 Å². The average molecular weight is 430 g/mol. The molecular weight excluding hydrogens is 407 g/mol. The summed E-state index contributed by atoms with van der Waals surface area (Å²) in [5, 5.41) is 6.31. The van der Waals surface area contributed by atoms with Crippen molar-refractivity contribution in [2.24, 2.45) is 10.7 Å². The molecule has 0 aliphatic carbocycles. The number of aliphatic imine (C=N–C) groups is 1. The molecule has 1 aromatic carbocycles. The molecule has 1 aromatic heterocycles. The van der Waals surface area contributed by atoms with Crippen LogP contribution < -0.4 is 11.1 Å². The van der Waals surface area contributed by atoms with Crippen LogP contribution in [0.4, 0.5) is 5.69 Å². The van der Waals surface area contributed by atoms with Crippen molar-refractivity contribution in [3.05, 3.63) is 45.4 Å². The third-order valence-corrected chi connectivity index (χ3v) is 4.16. The second-order valence-corrected chi connectivity index (χ2v) is 6.42. The van der Waals surface area contributed by atoms with Crippen LogP contribution >= 0.6 is 35.3 Å². The van der Waals surface area contributed by atoms with Crippen molar-refractivity contribution in [3.63, 3.8) is 0 Å². The maximum absolute atomic E-state index is 5.93. The summed E-state index contributed by atoms with van der Waals surface area (Å²) < 4.78 is 0. The molecule has 0 aliphatic rings. The fourth-order valence-electron chi connectivity index (χ4n) is 2.06. The van der Waals surface area contributed by atoms with Gasteiger partial charge in [-0.3, -0.25) is 0 Å². The molecule has 0 aliphatic heterocycles. The molecule has 22 heavy (non-hydrogen) atoms. The highest BCUT2D eigenvalue weighted by atomic mass is 127. The minimum Gasteiger partial charge on any atom is -0.370 e. The second kappa shape index (κ2) is 8.47. The maximum atomic E-state index is 5.93. The summed E-state index contributed by atoms with van der Waals surface area (Å²) in [4.78, 5) is 8.89. The van der Waals surface area contributed by atoms with Crippen LogP contribution in [-0.4, -0.2) is 10.9 Å². The molecule has 0 fully saturated rings. The lowest BCUT2D eigenvalue weighted by molar-refractivity contribution is 0.837. The molecule has 0 unspecified atom stereocenters. The number of aromatic nitrogens is 1. The Hall–Kier alpha value is -1.15. The number of halogens is 1. The number of nitrogens with one attached hydrogen (secondary N) is 1. The van der Waals surface area contributed by atoms with E-state index in [-0.39, 0.29) is 24.0 Å². The topological polar surface area (TPSA) is 63.3 Å². The maximum Gasteiger partial charge on any atom is 0.193 e. The summed E-state index contributed by atoms with van der Waals surface area (Å²) in [5.41, 5.74) is 10.3. The van der Waals surface area contributed by atoms with Crippen molar-refractivity contribution >= 4 is 47.0 Å². The highest BCUT2D eigenvalue weighted by molar-refractivity contribution is 14.0. The van der Waals surface area contributed by atoms with Gasteiger partial charge in [0.25, 0.3) is 0 Å². The van der Waals surface area contributed by atoms with Gasteiger partial charge in [-0.05, 0) is 37.1 Å². The minimum atomic E-state index is 0. The molecule has 3 N–H and O–H groups in total. The fraction of sp³-hybridized carbons (Fsp3) is 0.375. The van der Waals surface area contributed by atoms with Crippen LogP contribution in [0.3, 0.4) is 0 Å². The van der Waals surface area contributed by atoms with Gasteiger partial charge in [-0.25, -0.2) is 9.98 Å². The Balaban J connectivity index is 0.00000242. The van der Waals surface area contributed by atoms with Gasteiger partial charge in [0.2, 0.25) is 0 Å². The first kappa shape index (κ1) is 18.9. The molecule has 6 heteroatoms. The SMILES string of the molecule is Cc1cc(C)cc(NC(N)=NCc2csc(C(C)C)n2)c1.I. The van der Waals surface area contributed by atoms with Crippen molar-refractivity contribution in [1.29, 1.82) is 0 Å². The number of aryl methyl sites for hydroxylation is 2. The van der Waals surface area contributed by atoms with Crippen LogP contribution in [0.5, 0.6) is 0 Å². The molecule has 2 aromatic rings. The lowest BCUT2D eigenvalue weighted by atomic mass is 10.1. The fourth-order valence-corrected chi connectivity index (χ4v) is 2.89. The first-order valence-electron chi connectivity index (χ1n) is 7.03. The number of guanidine groups is 1. The van der Waals surface area contributed by atoms with Crippen LogP contribution in [0, 0.1) is 13.8 Å². The molecule has 0 spiro atoms. The Morgan fingerprint density at radius 1 is 1.27 bits per heavy atom. The van der Waals surface area contributed by atoms with E-state index in [1.165, 1.54) is 11.1 Å². The Morgan fingerprint density at radius 2 is 1.91 bits per heavy atom. The van der Waals surface area contributed by atoms with Crippen LogP contribution in [0.15, 0.2) is 28.6 Å². The van der Waals surface area contributed by atoms with Gasteiger partial charge in [-0.15, -0.1) is 35.3 Å². The number of benzene rings is 1. The molecule has 2 rings (SSSR count). The largest absolute Gasteiger partial charge is 0.370 e. The lowest BCUT2D eigenvalue weighted by Gasteiger charge is -2.07. The summed E-state index contributed by atoms with van der Waals surface area (Å²) >= 11 is 1.68. The Morgan fingerprint density at radius 3 is 2.45 bits per heavy atom. The Bertz CT molecular complexity index is 629. The third kappa shape index (κ3) is 5.57. The van der Waals surface area contributed by atoms with Gasteiger partial charge in [-0.1, -0.05) is 19.9 Å². The highest BCUT2D eigenvalue weighted by Gasteiger charge is 2.05. The number of thiazole rings is 1. The van der Waals surface area contributed by atoms with E-state index >= 15 is 0 Å². The van der Waals surface area contributed by atoms with Crippen molar-refractivity contribution in [3.8, 4) is 0 Å². The summed E-state index contributed by atoms with van der Waals surface area (Å²) in [6.07, 6.45) is 0. The van der Waals surface area contributed by atoms with E-state index in [0.717, 1.165) is 16.4 Å². The molecule has 0 radical (unpaired) electrons. The van der Waals surface area contributed by atoms with E-state index in [4.69, 9.17) is 5.73 Å². The zero-order valence-electron chi connectivity index (χ0n) is 13.4. The number of rotatable bonds is 4. The first-order valence-corrected chi connectivity index (χ1v) is 7.91. The van der Waals surface area contributed by atoms with Gasteiger partial charge >= 0.3 is 0 Å². The summed E-state index contributed by atoms with van der Waals surface area (Å²) in [5.74, 6) is 0.873. The van der Waals surface area contributed by atoms with E-state index in [2.05, 4.69) is 61.2 Å². The van der Waals surface area contributed by atoms with Crippen molar-refractivity contribution in [2.45, 2.75) is 40.2 Å². The van der Waals surface area contributed by atoms with Crippen LogP contribution in [-0.2, 0) is 6.54 Å². The van der Waals surface area contributed by atoms with Gasteiger partial charge < -0.3 is 11.1 Å². The predicted octanol–water partition coefficient (Wildman–Crippen LogP) is 4.43. The molecular formula is C16H23IN4S. The predicted molar refractivity (Wildman–Crippen MR) is 106 cm³/mol. The Kier molecular flexibility index (Phi) is 7.28. The van der Waals surface area contributed by atoms with Gasteiger partial charge in [0.15, 0.2) is 5.96 Å². The minimum absolute atomic E-state index is 0. The molecule has 1 heterocycles. The quantitative estimate of drug-likeness (QED) is 0.429. The van der Waals surface area contributed by atoms with Gasteiger partial charge in [-0.2, -0.15) is 0 Å². The van der Waals surface area contributed by atoms with Crippen LogP contribution in [0.1, 0.15) is 41.6 Å². The molecule has 4 nitrogen and oxygen atoms in total. The number of nitrogens with zero attached hydrogens (tertiary/aromatic N) is 2. The molecule has 0 saturated carbocycles. The van der Waals surface area contributed by atoms with E-state index in [1.54, 1.807) is 11.3 Å². The molecule has 0 amide bonds. The first-order chi connectivity index (χ1) is 9.94. The summed E-state index contributed by atoms with van der Waals surface area (Å²) in [7, 11) is 0. The number of hydrogen-bond acceptors (Lipinski definition) is 3. The molecule has 120 valence electrons. The Labute approximate surface area is 153 Å². The molecule has 0 bridgehead atoms. The van der Waals surface area contributed by atoms with Crippen LogP contribution in [0.25, 0.3) is 0 Å². The van der Waals surface area contributed by atoms with E-state index in [0.29, 0.717) is 18.4 Å².